The van der Waals surface area contributed by atoms with Gasteiger partial charge in [0.25, 0.3) is 0 Å². The molecule has 0 spiro atoms. The molecule has 1 aromatic rings. The van der Waals surface area contributed by atoms with E-state index in [1.165, 1.54) is 0 Å². The molecule has 0 radical (unpaired) electrons. The lowest BCUT2D eigenvalue weighted by molar-refractivity contribution is -0.152. The van der Waals surface area contributed by atoms with Crippen LogP contribution in [0.2, 0.25) is 0 Å². The summed E-state index contributed by atoms with van der Waals surface area (Å²) >= 11 is 0. The largest absolute Gasteiger partial charge is 0.479 e. The lowest BCUT2D eigenvalue weighted by Crippen LogP contribution is -2.36. The van der Waals surface area contributed by atoms with Gasteiger partial charge in [-0.05, 0) is 37.1 Å². The summed E-state index contributed by atoms with van der Waals surface area (Å²) < 4.78 is 15.6. The second kappa shape index (κ2) is 7.23. The second-order valence-corrected chi connectivity index (χ2v) is 6.78. The summed E-state index contributed by atoms with van der Waals surface area (Å²) in [6.07, 6.45) is -0.0568. The molecular weight excluding hydrogens is 281 g/mol. The molecule has 3 nitrogen and oxygen atoms in total. The number of rotatable bonds is 7. The molecule has 4 heteroatoms. The van der Waals surface area contributed by atoms with Crippen LogP contribution in [0.25, 0.3) is 0 Å². The molecule has 1 rings (SSSR count). The van der Waals surface area contributed by atoms with E-state index in [2.05, 4.69) is 0 Å². The van der Waals surface area contributed by atoms with Crippen molar-refractivity contribution in [2.45, 2.75) is 51.6 Å². The van der Waals surface area contributed by atoms with Gasteiger partial charge in [0.1, 0.15) is 0 Å². The standard InChI is InChI=1S/C18H28FNO2/c1-12(2)14-8-7-9-15(13(3)4)16(14)18(19,17(21)22)10-11-20(5)6/h7-9,12-13H,10-11H2,1-6H3,(H,21,22)/t18-/m1/s1. The summed E-state index contributed by atoms with van der Waals surface area (Å²) in [6, 6.07) is 5.58. The summed E-state index contributed by atoms with van der Waals surface area (Å²) in [5.41, 5.74) is -0.427. The van der Waals surface area contributed by atoms with Crippen molar-refractivity contribution in [3.05, 3.63) is 34.9 Å². The topological polar surface area (TPSA) is 40.5 Å². The molecule has 124 valence electrons. The van der Waals surface area contributed by atoms with Crippen LogP contribution in [0.3, 0.4) is 0 Å². The Morgan fingerprint density at radius 2 is 1.64 bits per heavy atom. The Morgan fingerprint density at radius 1 is 1.18 bits per heavy atom. The molecule has 0 aliphatic carbocycles. The Labute approximate surface area is 133 Å². The number of aliphatic carboxylic acids is 1. The second-order valence-electron chi connectivity index (χ2n) is 6.78. The molecule has 0 saturated carbocycles. The number of alkyl halides is 1. The van der Waals surface area contributed by atoms with E-state index in [0.717, 1.165) is 11.1 Å². The van der Waals surface area contributed by atoms with Crippen LogP contribution in [0.15, 0.2) is 18.2 Å². The zero-order valence-electron chi connectivity index (χ0n) is 14.5. The van der Waals surface area contributed by atoms with Crippen LogP contribution >= 0.6 is 0 Å². The summed E-state index contributed by atoms with van der Waals surface area (Å²) in [6.45, 7) is 8.26. The molecule has 0 saturated heterocycles. The Hall–Kier alpha value is -1.42. The minimum atomic E-state index is -2.36. The lowest BCUT2D eigenvalue weighted by Gasteiger charge is -2.30. The molecule has 1 atom stereocenters. The number of hydrogen-bond acceptors (Lipinski definition) is 2. The van der Waals surface area contributed by atoms with Gasteiger partial charge >= 0.3 is 5.97 Å². The third kappa shape index (κ3) is 3.86. The van der Waals surface area contributed by atoms with Crippen LogP contribution in [0.1, 0.15) is 62.6 Å². The number of carboxylic acids is 1. The van der Waals surface area contributed by atoms with Crippen molar-refractivity contribution in [2.75, 3.05) is 20.6 Å². The average molecular weight is 309 g/mol. The number of nitrogens with zero attached hydrogens (tertiary/aromatic N) is 1. The third-order valence-corrected chi connectivity index (χ3v) is 4.01. The Bertz CT molecular complexity index is 500. The Kier molecular flexibility index (Phi) is 6.12. The Morgan fingerprint density at radius 3 is 1.95 bits per heavy atom. The number of benzene rings is 1. The molecule has 0 aliphatic rings. The minimum absolute atomic E-state index is 0.0568. The number of carbonyl (C=O) groups is 1. The van der Waals surface area contributed by atoms with Crippen molar-refractivity contribution in [3.8, 4) is 0 Å². The number of hydrogen-bond donors (Lipinski definition) is 1. The van der Waals surface area contributed by atoms with Gasteiger partial charge in [-0.15, -0.1) is 0 Å². The van der Waals surface area contributed by atoms with Gasteiger partial charge in [-0.2, -0.15) is 0 Å². The van der Waals surface area contributed by atoms with Gasteiger partial charge in [0.15, 0.2) is 0 Å². The maximum Gasteiger partial charge on any atom is 0.346 e. The SMILES string of the molecule is CC(C)c1cccc(C(C)C)c1[C@](F)(CCN(C)C)C(=O)O. The molecule has 0 heterocycles. The average Bonchev–Trinajstić information content (AvgIpc) is 2.43. The number of carboxylic acid groups (broad SMARTS) is 1. The fraction of sp³-hybridized carbons (Fsp3) is 0.611. The first-order valence-corrected chi connectivity index (χ1v) is 7.81. The maximum atomic E-state index is 15.6. The van der Waals surface area contributed by atoms with Crippen molar-refractivity contribution in [3.63, 3.8) is 0 Å². The van der Waals surface area contributed by atoms with Crippen LogP contribution < -0.4 is 0 Å². The smallest absolute Gasteiger partial charge is 0.346 e. The van der Waals surface area contributed by atoms with Gasteiger partial charge in [-0.25, -0.2) is 9.18 Å². The summed E-state index contributed by atoms with van der Waals surface area (Å²) in [7, 11) is 3.64. The van der Waals surface area contributed by atoms with Crippen LogP contribution in [-0.2, 0) is 10.5 Å². The highest BCUT2D eigenvalue weighted by Crippen LogP contribution is 2.40. The quantitative estimate of drug-likeness (QED) is 0.823. The first-order valence-electron chi connectivity index (χ1n) is 7.81. The van der Waals surface area contributed by atoms with E-state index in [0.29, 0.717) is 12.1 Å². The zero-order valence-corrected chi connectivity index (χ0v) is 14.5. The normalized spacial score (nSPS) is 14.6. The van der Waals surface area contributed by atoms with E-state index >= 15 is 4.39 Å². The molecule has 0 bridgehead atoms. The van der Waals surface area contributed by atoms with Crippen LogP contribution in [0, 0.1) is 0 Å². The lowest BCUT2D eigenvalue weighted by atomic mass is 9.79. The van der Waals surface area contributed by atoms with Gasteiger partial charge in [0.2, 0.25) is 5.67 Å². The van der Waals surface area contributed by atoms with E-state index in [1.54, 1.807) is 0 Å². The fourth-order valence-electron chi connectivity index (χ4n) is 2.73. The molecule has 1 N–H and O–H groups in total. The van der Waals surface area contributed by atoms with E-state index in [-0.39, 0.29) is 18.3 Å². The molecule has 0 fully saturated rings. The van der Waals surface area contributed by atoms with Crippen LogP contribution in [0.4, 0.5) is 4.39 Å². The molecule has 22 heavy (non-hydrogen) atoms. The monoisotopic (exact) mass is 309 g/mol. The summed E-state index contributed by atoms with van der Waals surface area (Å²) in [5, 5.41) is 9.62. The van der Waals surface area contributed by atoms with Gasteiger partial charge in [0.05, 0.1) is 0 Å². The van der Waals surface area contributed by atoms with Crippen molar-refractivity contribution >= 4 is 5.97 Å². The highest BCUT2D eigenvalue weighted by atomic mass is 19.1. The van der Waals surface area contributed by atoms with Gasteiger partial charge in [-0.3, -0.25) is 0 Å². The molecule has 0 amide bonds. The zero-order chi connectivity index (χ0) is 17.1. The van der Waals surface area contributed by atoms with Crippen molar-refractivity contribution in [1.82, 2.24) is 4.90 Å². The molecular formula is C18H28FNO2. The minimum Gasteiger partial charge on any atom is -0.479 e. The number of halogens is 1. The fourth-order valence-corrected chi connectivity index (χ4v) is 2.73. The highest BCUT2D eigenvalue weighted by molar-refractivity contribution is 5.81. The van der Waals surface area contributed by atoms with E-state index in [1.807, 2.05) is 64.9 Å². The van der Waals surface area contributed by atoms with E-state index in [4.69, 9.17) is 0 Å². The predicted molar refractivity (Wildman–Crippen MR) is 88.2 cm³/mol. The van der Waals surface area contributed by atoms with E-state index < -0.39 is 11.6 Å². The molecule has 0 unspecified atom stereocenters. The van der Waals surface area contributed by atoms with Crippen LogP contribution in [-0.4, -0.2) is 36.6 Å². The van der Waals surface area contributed by atoms with E-state index in [9.17, 15) is 9.90 Å². The molecule has 0 aliphatic heterocycles. The highest BCUT2D eigenvalue weighted by Gasteiger charge is 2.44. The Balaban J connectivity index is 3.55. The first-order chi connectivity index (χ1) is 10.1. The van der Waals surface area contributed by atoms with Crippen molar-refractivity contribution in [1.29, 1.82) is 0 Å². The maximum absolute atomic E-state index is 15.6. The molecule has 1 aromatic carbocycles. The van der Waals surface area contributed by atoms with Crippen molar-refractivity contribution in [2.24, 2.45) is 0 Å². The van der Waals surface area contributed by atoms with Gasteiger partial charge < -0.3 is 10.0 Å². The van der Waals surface area contributed by atoms with Crippen molar-refractivity contribution < 1.29 is 14.3 Å². The van der Waals surface area contributed by atoms with Crippen LogP contribution in [0.5, 0.6) is 0 Å². The summed E-state index contributed by atoms with van der Waals surface area (Å²) in [4.78, 5) is 13.6. The van der Waals surface area contributed by atoms with Gasteiger partial charge in [0, 0.05) is 18.5 Å². The third-order valence-electron chi connectivity index (χ3n) is 4.01. The predicted octanol–water partition coefficient (Wildman–Crippen LogP) is 4.13. The summed E-state index contributed by atoms with van der Waals surface area (Å²) in [5.74, 6) is -1.26. The molecule has 0 aromatic heterocycles. The first kappa shape index (κ1) is 18.6. The van der Waals surface area contributed by atoms with Gasteiger partial charge in [-0.1, -0.05) is 45.9 Å².